The molecule has 0 aromatic carbocycles. The minimum Gasteiger partial charge on any atom is -0.353 e. The summed E-state index contributed by atoms with van der Waals surface area (Å²) in [7, 11) is 2.03. The van der Waals surface area contributed by atoms with Gasteiger partial charge >= 0.3 is 0 Å². The molecule has 3 rings (SSSR count). The van der Waals surface area contributed by atoms with Crippen LogP contribution in [0.4, 0.5) is 5.69 Å². The van der Waals surface area contributed by atoms with Crippen LogP contribution >= 0.6 is 0 Å². The number of anilines is 1. The van der Waals surface area contributed by atoms with Crippen molar-refractivity contribution < 1.29 is 4.79 Å². The number of rotatable bonds is 4. The van der Waals surface area contributed by atoms with Crippen LogP contribution in [0.2, 0.25) is 0 Å². The van der Waals surface area contributed by atoms with Crippen molar-refractivity contribution in [1.29, 1.82) is 0 Å². The summed E-state index contributed by atoms with van der Waals surface area (Å²) in [5.74, 6) is 0.631. The first-order chi connectivity index (χ1) is 10.2. The molecule has 0 unspecified atom stereocenters. The number of hydrogen-bond donors (Lipinski definition) is 0. The third kappa shape index (κ3) is 2.46. The minimum atomic E-state index is 0.0891. The number of carbonyl (C=O) groups excluding carboxylic acids is 1. The molecule has 1 aliphatic carbocycles. The van der Waals surface area contributed by atoms with Crippen LogP contribution in [-0.2, 0) is 7.05 Å². The van der Waals surface area contributed by atoms with Crippen LogP contribution in [0.1, 0.15) is 48.2 Å². The Hall–Kier alpha value is -2.10. The van der Waals surface area contributed by atoms with E-state index in [0.29, 0.717) is 12.5 Å². The number of aromatic nitrogens is 2. The van der Waals surface area contributed by atoms with E-state index in [-0.39, 0.29) is 5.91 Å². The van der Waals surface area contributed by atoms with Gasteiger partial charge in [-0.3, -0.25) is 9.78 Å². The highest BCUT2D eigenvalue weighted by molar-refractivity contribution is 6.07. The Bertz CT molecular complexity index is 629. The Kier molecular flexibility index (Phi) is 3.78. The molecule has 0 atom stereocenters. The SMILES string of the molecule is CCN(C(=O)c1ccn(C)c1C1CCC1)c1ccncc1. The zero-order chi connectivity index (χ0) is 14.8. The van der Waals surface area contributed by atoms with Gasteiger partial charge in [0, 0.05) is 43.6 Å². The van der Waals surface area contributed by atoms with Crippen LogP contribution in [-0.4, -0.2) is 22.0 Å². The van der Waals surface area contributed by atoms with Crippen molar-refractivity contribution in [3.05, 3.63) is 48.0 Å². The highest BCUT2D eigenvalue weighted by Gasteiger charge is 2.29. The fourth-order valence-corrected chi connectivity index (χ4v) is 3.03. The summed E-state index contributed by atoms with van der Waals surface area (Å²) >= 11 is 0. The van der Waals surface area contributed by atoms with Crippen LogP contribution in [0, 0.1) is 0 Å². The molecule has 21 heavy (non-hydrogen) atoms. The molecule has 0 radical (unpaired) electrons. The molecule has 0 N–H and O–H groups in total. The van der Waals surface area contributed by atoms with Crippen molar-refractivity contribution in [2.24, 2.45) is 7.05 Å². The summed E-state index contributed by atoms with van der Waals surface area (Å²) < 4.78 is 2.11. The lowest BCUT2D eigenvalue weighted by Crippen LogP contribution is -2.32. The average molecular weight is 283 g/mol. The van der Waals surface area contributed by atoms with Crippen LogP contribution in [0.5, 0.6) is 0 Å². The van der Waals surface area contributed by atoms with Crippen LogP contribution in [0.3, 0.4) is 0 Å². The average Bonchev–Trinajstić information content (AvgIpc) is 2.81. The van der Waals surface area contributed by atoms with E-state index in [1.165, 1.54) is 25.0 Å². The van der Waals surface area contributed by atoms with Gasteiger partial charge in [0.2, 0.25) is 0 Å². The van der Waals surface area contributed by atoms with Crippen molar-refractivity contribution in [1.82, 2.24) is 9.55 Å². The second-order valence-corrected chi connectivity index (χ2v) is 5.61. The van der Waals surface area contributed by atoms with Crippen molar-refractivity contribution in [3.63, 3.8) is 0 Å². The maximum atomic E-state index is 12.9. The Balaban J connectivity index is 1.94. The highest BCUT2D eigenvalue weighted by atomic mass is 16.2. The van der Waals surface area contributed by atoms with E-state index in [1.54, 1.807) is 12.4 Å². The Morgan fingerprint density at radius 3 is 2.62 bits per heavy atom. The summed E-state index contributed by atoms with van der Waals surface area (Å²) in [4.78, 5) is 18.8. The predicted molar refractivity (Wildman–Crippen MR) is 83.6 cm³/mol. The minimum absolute atomic E-state index is 0.0891. The van der Waals surface area contributed by atoms with Gasteiger partial charge in [-0.05, 0) is 43.9 Å². The van der Waals surface area contributed by atoms with E-state index in [1.807, 2.05) is 43.3 Å². The van der Waals surface area contributed by atoms with E-state index in [9.17, 15) is 4.79 Å². The lowest BCUT2D eigenvalue weighted by molar-refractivity contribution is 0.0986. The van der Waals surface area contributed by atoms with Crippen LogP contribution in [0.15, 0.2) is 36.8 Å². The molecule has 1 aliphatic rings. The smallest absolute Gasteiger partial charge is 0.260 e. The van der Waals surface area contributed by atoms with E-state index in [0.717, 1.165) is 11.3 Å². The van der Waals surface area contributed by atoms with Gasteiger partial charge in [-0.1, -0.05) is 6.42 Å². The molecular formula is C17H21N3O. The van der Waals surface area contributed by atoms with Crippen LogP contribution in [0.25, 0.3) is 0 Å². The first-order valence-electron chi connectivity index (χ1n) is 7.59. The fraction of sp³-hybridized carbons (Fsp3) is 0.412. The molecule has 1 saturated carbocycles. The normalized spacial score (nSPS) is 14.8. The maximum Gasteiger partial charge on any atom is 0.260 e. The van der Waals surface area contributed by atoms with Crippen molar-refractivity contribution in [2.45, 2.75) is 32.1 Å². The van der Waals surface area contributed by atoms with Crippen molar-refractivity contribution >= 4 is 11.6 Å². The second-order valence-electron chi connectivity index (χ2n) is 5.61. The third-order valence-corrected chi connectivity index (χ3v) is 4.38. The largest absolute Gasteiger partial charge is 0.353 e. The Morgan fingerprint density at radius 1 is 1.33 bits per heavy atom. The molecule has 2 aromatic heterocycles. The van der Waals surface area contributed by atoms with Gasteiger partial charge in [0.05, 0.1) is 5.56 Å². The molecule has 1 amide bonds. The van der Waals surface area contributed by atoms with Gasteiger partial charge in [0.25, 0.3) is 5.91 Å². The number of aryl methyl sites for hydroxylation is 1. The zero-order valence-corrected chi connectivity index (χ0v) is 12.6. The summed E-state index contributed by atoms with van der Waals surface area (Å²) in [6, 6.07) is 5.72. The Labute approximate surface area is 125 Å². The van der Waals surface area contributed by atoms with E-state index < -0.39 is 0 Å². The third-order valence-electron chi connectivity index (χ3n) is 4.38. The fourth-order valence-electron chi connectivity index (χ4n) is 3.03. The number of pyridine rings is 1. The maximum absolute atomic E-state index is 12.9. The van der Waals surface area contributed by atoms with Crippen molar-refractivity contribution in [3.8, 4) is 0 Å². The summed E-state index contributed by atoms with van der Waals surface area (Å²) in [6.45, 7) is 2.66. The lowest BCUT2D eigenvalue weighted by Gasteiger charge is -2.29. The molecule has 4 nitrogen and oxygen atoms in total. The van der Waals surface area contributed by atoms with Gasteiger partial charge in [-0.25, -0.2) is 0 Å². The molecule has 0 bridgehead atoms. The van der Waals surface area contributed by atoms with Gasteiger partial charge in [-0.2, -0.15) is 0 Å². The molecular weight excluding hydrogens is 262 g/mol. The molecule has 110 valence electrons. The molecule has 0 spiro atoms. The second kappa shape index (κ2) is 5.72. The Morgan fingerprint density at radius 2 is 2.05 bits per heavy atom. The standard InChI is InChI=1S/C17H21N3O/c1-3-20(14-7-10-18-11-8-14)17(21)15-9-12-19(2)16(15)13-5-4-6-13/h7-13H,3-6H2,1-2H3. The van der Waals surface area contributed by atoms with E-state index in [2.05, 4.69) is 9.55 Å². The first-order valence-corrected chi connectivity index (χ1v) is 7.59. The molecule has 1 fully saturated rings. The number of nitrogens with zero attached hydrogens (tertiary/aromatic N) is 3. The molecule has 2 heterocycles. The van der Waals surface area contributed by atoms with Gasteiger partial charge < -0.3 is 9.47 Å². The lowest BCUT2D eigenvalue weighted by atomic mass is 9.81. The predicted octanol–water partition coefficient (Wildman–Crippen LogP) is 3.35. The molecule has 0 saturated heterocycles. The van der Waals surface area contributed by atoms with E-state index in [4.69, 9.17) is 0 Å². The summed E-state index contributed by atoms with van der Waals surface area (Å²) in [5, 5.41) is 0. The number of amides is 1. The molecule has 4 heteroatoms. The van der Waals surface area contributed by atoms with E-state index >= 15 is 0 Å². The first kappa shape index (κ1) is 13.9. The molecule has 2 aromatic rings. The highest BCUT2D eigenvalue weighted by Crippen LogP contribution is 2.38. The van der Waals surface area contributed by atoms with Gasteiger partial charge in [0.1, 0.15) is 0 Å². The monoisotopic (exact) mass is 283 g/mol. The number of hydrogen-bond acceptors (Lipinski definition) is 2. The number of carbonyl (C=O) groups is 1. The summed E-state index contributed by atoms with van der Waals surface area (Å²) in [5.41, 5.74) is 2.94. The quantitative estimate of drug-likeness (QED) is 0.863. The van der Waals surface area contributed by atoms with Crippen molar-refractivity contribution in [2.75, 3.05) is 11.4 Å². The zero-order valence-electron chi connectivity index (χ0n) is 12.6. The topological polar surface area (TPSA) is 38.1 Å². The van der Waals surface area contributed by atoms with Gasteiger partial charge in [0.15, 0.2) is 0 Å². The summed E-state index contributed by atoms with van der Waals surface area (Å²) in [6.07, 6.45) is 9.11. The van der Waals surface area contributed by atoms with Crippen LogP contribution < -0.4 is 4.90 Å². The van der Waals surface area contributed by atoms with Gasteiger partial charge in [-0.15, -0.1) is 0 Å². The molecule has 0 aliphatic heterocycles.